The van der Waals surface area contributed by atoms with Crippen molar-refractivity contribution in [2.75, 3.05) is 23.0 Å². The molecule has 43 heavy (non-hydrogen) atoms. The van der Waals surface area contributed by atoms with Gasteiger partial charge in [0, 0.05) is 21.8 Å². The van der Waals surface area contributed by atoms with Crippen LogP contribution in [0.1, 0.15) is 35.7 Å². The minimum Gasteiger partial charge on any atom is -0.494 e. The molecule has 3 amide bonds. The summed E-state index contributed by atoms with van der Waals surface area (Å²) in [5.41, 5.74) is 2.06. The van der Waals surface area contributed by atoms with E-state index in [1.54, 1.807) is 60.7 Å². The number of benzene rings is 4. The number of hydrogen-bond acceptors (Lipinski definition) is 5. The molecule has 3 N–H and O–H groups in total. The van der Waals surface area contributed by atoms with Gasteiger partial charge in [-0.2, -0.15) is 0 Å². The van der Waals surface area contributed by atoms with Crippen molar-refractivity contribution in [1.29, 1.82) is 0 Å². The fourth-order valence-corrected chi connectivity index (χ4v) is 4.60. The van der Waals surface area contributed by atoms with Crippen molar-refractivity contribution in [3.05, 3.63) is 126 Å². The van der Waals surface area contributed by atoms with Crippen molar-refractivity contribution in [2.45, 2.75) is 24.7 Å². The molecule has 0 bridgehead atoms. The number of rotatable bonds is 13. The van der Waals surface area contributed by atoms with Crippen LogP contribution in [-0.2, 0) is 9.59 Å². The lowest BCUT2D eigenvalue weighted by atomic mass is 10.1. The molecule has 4 aromatic carbocycles. The summed E-state index contributed by atoms with van der Waals surface area (Å²) in [4.78, 5) is 39.4. The normalized spacial score (nSPS) is 11.0. The zero-order valence-corrected chi connectivity index (χ0v) is 24.5. The van der Waals surface area contributed by atoms with Crippen molar-refractivity contribution in [1.82, 2.24) is 5.32 Å². The topological polar surface area (TPSA) is 96.5 Å². The Balaban J connectivity index is 1.37. The van der Waals surface area contributed by atoms with Gasteiger partial charge < -0.3 is 20.7 Å². The molecule has 0 aliphatic carbocycles. The first-order valence-corrected chi connectivity index (χ1v) is 14.8. The molecule has 0 fully saturated rings. The second kappa shape index (κ2) is 15.9. The fourth-order valence-electron chi connectivity index (χ4n) is 3.84. The third-order valence-corrected chi connectivity index (χ3v) is 7.07. The highest BCUT2D eigenvalue weighted by atomic mass is 32.2. The van der Waals surface area contributed by atoms with Crippen LogP contribution in [0.15, 0.2) is 114 Å². The molecule has 0 atom stereocenters. The first kappa shape index (κ1) is 31.1. The van der Waals surface area contributed by atoms with E-state index >= 15 is 0 Å². The Morgan fingerprint density at radius 2 is 1.58 bits per heavy atom. The molecule has 220 valence electrons. The SMILES string of the molecule is CCCCOc1ccc(NC(=O)CSc2cccc(NC(=O)/C(=C/c3ccc(F)cc3)NC(=O)c3ccccc3)c2)cc1. The minimum atomic E-state index is -0.560. The highest BCUT2D eigenvalue weighted by Crippen LogP contribution is 2.23. The number of anilines is 2. The highest BCUT2D eigenvalue weighted by Gasteiger charge is 2.15. The van der Waals surface area contributed by atoms with Gasteiger partial charge in [-0.25, -0.2) is 4.39 Å². The zero-order valence-electron chi connectivity index (χ0n) is 23.6. The predicted molar refractivity (Wildman–Crippen MR) is 170 cm³/mol. The van der Waals surface area contributed by atoms with Crippen molar-refractivity contribution >= 4 is 46.9 Å². The average molecular weight is 598 g/mol. The van der Waals surface area contributed by atoms with Crippen LogP contribution in [0.4, 0.5) is 15.8 Å². The lowest BCUT2D eigenvalue weighted by Gasteiger charge is -2.12. The number of ether oxygens (including phenoxy) is 1. The van der Waals surface area contributed by atoms with E-state index in [0.717, 1.165) is 23.5 Å². The second-order valence-corrected chi connectivity index (χ2v) is 10.5. The number of carbonyl (C=O) groups excluding carboxylic acids is 3. The maximum atomic E-state index is 13.4. The first-order valence-electron chi connectivity index (χ1n) is 13.8. The molecule has 7 nitrogen and oxygen atoms in total. The van der Waals surface area contributed by atoms with Gasteiger partial charge in [-0.15, -0.1) is 11.8 Å². The summed E-state index contributed by atoms with van der Waals surface area (Å²) in [6.45, 7) is 2.76. The molecule has 4 rings (SSSR count). The largest absolute Gasteiger partial charge is 0.494 e. The van der Waals surface area contributed by atoms with Crippen LogP contribution in [-0.4, -0.2) is 30.1 Å². The summed E-state index contributed by atoms with van der Waals surface area (Å²) >= 11 is 1.32. The molecule has 9 heteroatoms. The smallest absolute Gasteiger partial charge is 0.272 e. The van der Waals surface area contributed by atoms with Crippen LogP contribution in [0, 0.1) is 5.82 Å². The summed E-state index contributed by atoms with van der Waals surface area (Å²) in [7, 11) is 0. The van der Waals surface area contributed by atoms with Crippen molar-refractivity contribution in [2.24, 2.45) is 0 Å². The number of nitrogens with one attached hydrogen (secondary N) is 3. The Morgan fingerprint density at radius 3 is 2.30 bits per heavy atom. The molecule has 0 spiro atoms. The van der Waals surface area contributed by atoms with Crippen molar-refractivity contribution in [3.63, 3.8) is 0 Å². The Bertz CT molecular complexity index is 1560. The Hall–Kier alpha value is -4.89. The quantitative estimate of drug-likeness (QED) is 0.0865. The van der Waals surface area contributed by atoms with Gasteiger partial charge in [0.2, 0.25) is 5.91 Å². The Labute approximate surface area is 254 Å². The molecule has 0 saturated heterocycles. The van der Waals surface area contributed by atoms with Gasteiger partial charge in [-0.1, -0.05) is 49.7 Å². The lowest BCUT2D eigenvalue weighted by Crippen LogP contribution is -2.30. The summed E-state index contributed by atoms with van der Waals surface area (Å²) < 4.78 is 19.1. The van der Waals surface area contributed by atoms with E-state index in [-0.39, 0.29) is 17.4 Å². The van der Waals surface area contributed by atoms with Crippen LogP contribution in [0.2, 0.25) is 0 Å². The van der Waals surface area contributed by atoms with Crippen molar-refractivity contribution in [3.8, 4) is 5.75 Å². The Morgan fingerprint density at radius 1 is 0.837 bits per heavy atom. The number of carbonyl (C=O) groups is 3. The fraction of sp³-hybridized carbons (Fsp3) is 0.147. The van der Waals surface area contributed by atoms with Crippen LogP contribution in [0.25, 0.3) is 6.08 Å². The van der Waals surface area contributed by atoms with Gasteiger partial charge in [-0.3, -0.25) is 14.4 Å². The molecule has 0 radical (unpaired) electrons. The van der Waals surface area contributed by atoms with Gasteiger partial charge in [0.1, 0.15) is 17.3 Å². The molecule has 0 heterocycles. The predicted octanol–water partition coefficient (Wildman–Crippen LogP) is 7.15. The molecule has 0 saturated carbocycles. The molecule has 0 aromatic heterocycles. The van der Waals surface area contributed by atoms with Crippen LogP contribution >= 0.6 is 11.8 Å². The van der Waals surface area contributed by atoms with E-state index in [4.69, 9.17) is 4.74 Å². The lowest BCUT2D eigenvalue weighted by molar-refractivity contribution is -0.114. The number of amides is 3. The van der Waals surface area contributed by atoms with Gasteiger partial charge in [0.25, 0.3) is 11.8 Å². The van der Waals surface area contributed by atoms with E-state index in [1.807, 2.05) is 18.2 Å². The molecular weight excluding hydrogens is 565 g/mol. The average Bonchev–Trinajstić information content (AvgIpc) is 3.02. The van der Waals surface area contributed by atoms with Crippen LogP contribution in [0.5, 0.6) is 5.75 Å². The van der Waals surface area contributed by atoms with Gasteiger partial charge >= 0.3 is 0 Å². The van der Waals surface area contributed by atoms with Crippen molar-refractivity contribution < 1.29 is 23.5 Å². The van der Waals surface area contributed by atoms with E-state index < -0.39 is 17.6 Å². The standard InChI is InChI=1S/C34H32FN3O4S/c1-2-3-20-42-29-18-16-27(17-19-29)36-32(39)23-43-30-11-7-10-28(22-30)37-34(41)31(21-24-12-14-26(35)15-13-24)38-33(40)25-8-5-4-6-9-25/h4-19,21-22H,2-3,20,23H2,1H3,(H,36,39)(H,37,41)(H,38,40)/b31-21-. The van der Waals surface area contributed by atoms with E-state index in [1.165, 1.54) is 42.1 Å². The maximum absolute atomic E-state index is 13.4. The summed E-state index contributed by atoms with van der Waals surface area (Å²) in [6, 6.07) is 28.4. The number of unbranched alkanes of at least 4 members (excludes halogenated alkanes) is 1. The minimum absolute atomic E-state index is 0.0142. The second-order valence-electron chi connectivity index (χ2n) is 9.47. The molecule has 4 aromatic rings. The molecule has 0 unspecified atom stereocenters. The summed E-state index contributed by atoms with van der Waals surface area (Å²) in [6.07, 6.45) is 3.52. The number of halogens is 1. The third kappa shape index (κ3) is 10.2. The maximum Gasteiger partial charge on any atom is 0.272 e. The third-order valence-electron chi connectivity index (χ3n) is 6.08. The summed E-state index contributed by atoms with van der Waals surface area (Å²) in [5.74, 6) is -0.685. The Kier molecular flexibility index (Phi) is 11.5. The van der Waals surface area contributed by atoms with Crippen LogP contribution in [0.3, 0.4) is 0 Å². The van der Waals surface area contributed by atoms with Gasteiger partial charge in [0.15, 0.2) is 0 Å². The molecular formula is C34H32FN3O4S. The highest BCUT2D eigenvalue weighted by molar-refractivity contribution is 8.00. The number of thioether (sulfide) groups is 1. The van der Waals surface area contributed by atoms with E-state index in [0.29, 0.717) is 29.1 Å². The summed E-state index contributed by atoms with van der Waals surface area (Å²) in [5, 5.41) is 8.33. The molecule has 0 aliphatic rings. The van der Waals surface area contributed by atoms with Gasteiger partial charge in [0.05, 0.1) is 12.4 Å². The number of hydrogen-bond donors (Lipinski definition) is 3. The zero-order chi connectivity index (χ0) is 30.4. The van der Waals surface area contributed by atoms with Gasteiger partial charge in [-0.05, 0) is 84.8 Å². The molecule has 0 aliphatic heterocycles. The first-order chi connectivity index (χ1) is 20.9. The van der Waals surface area contributed by atoms with E-state index in [9.17, 15) is 18.8 Å². The monoisotopic (exact) mass is 597 g/mol. The van der Waals surface area contributed by atoms with Crippen LogP contribution < -0.4 is 20.7 Å². The van der Waals surface area contributed by atoms with E-state index in [2.05, 4.69) is 22.9 Å².